The van der Waals surface area contributed by atoms with Gasteiger partial charge < -0.3 is 10.4 Å². The van der Waals surface area contributed by atoms with Gasteiger partial charge in [-0.3, -0.25) is 4.79 Å². The number of amides is 1. The van der Waals surface area contributed by atoms with E-state index in [2.05, 4.69) is 5.32 Å². The predicted molar refractivity (Wildman–Crippen MR) is 65.6 cm³/mol. The molecule has 5 heteroatoms. The summed E-state index contributed by atoms with van der Waals surface area (Å²) in [4.78, 5) is 11.7. The van der Waals surface area contributed by atoms with Crippen LogP contribution in [0.3, 0.4) is 0 Å². The zero-order valence-electron chi connectivity index (χ0n) is 9.86. The van der Waals surface area contributed by atoms with Crippen molar-refractivity contribution in [1.82, 2.24) is 5.32 Å². The fraction of sp³-hybridized carbons (Fsp3) is 0.0714. The lowest BCUT2D eigenvalue weighted by Gasteiger charge is -2.07. The summed E-state index contributed by atoms with van der Waals surface area (Å²) in [6.45, 7) is -0.0359. The summed E-state index contributed by atoms with van der Waals surface area (Å²) in [6, 6.07) is 9.22. The molecule has 98 valence electrons. The minimum Gasteiger partial charge on any atom is -0.508 e. The summed E-state index contributed by atoms with van der Waals surface area (Å²) in [5, 5.41) is 11.5. The molecule has 2 aromatic rings. The van der Waals surface area contributed by atoms with Crippen LogP contribution in [0.2, 0.25) is 0 Å². The lowest BCUT2D eigenvalue weighted by molar-refractivity contribution is 0.0946. The number of carbonyl (C=O) groups excluding carboxylic acids is 1. The first-order valence-corrected chi connectivity index (χ1v) is 5.58. The maximum atomic E-state index is 13.4. The first-order chi connectivity index (χ1) is 9.08. The number of nitrogens with one attached hydrogen (secondary N) is 1. The van der Waals surface area contributed by atoms with E-state index in [0.29, 0.717) is 5.56 Å². The van der Waals surface area contributed by atoms with Gasteiger partial charge in [-0.05, 0) is 18.2 Å². The second-order valence-electron chi connectivity index (χ2n) is 3.94. The molecule has 0 bridgehead atoms. The summed E-state index contributed by atoms with van der Waals surface area (Å²) in [6.07, 6.45) is 0. The number of hydrogen-bond donors (Lipinski definition) is 2. The number of benzene rings is 2. The molecule has 0 spiro atoms. The van der Waals surface area contributed by atoms with Crippen molar-refractivity contribution in [3.8, 4) is 5.75 Å². The zero-order chi connectivity index (χ0) is 13.8. The van der Waals surface area contributed by atoms with Gasteiger partial charge in [0.25, 0.3) is 5.91 Å². The van der Waals surface area contributed by atoms with Gasteiger partial charge in [-0.25, -0.2) is 8.78 Å². The molecule has 0 radical (unpaired) electrons. The highest BCUT2D eigenvalue weighted by atomic mass is 19.1. The van der Waals surface area contributed by atoms with Crippen LogP contribution in [0, 0.1) is 11.6 Å². The van der Waals surface area contributed by atoms with Crippen LogP contribution < -0.4 is 5.32 Å². The number of rotatable bonds is 3. The average molecular weight is 263 g/mol. The second kappa shape index (κ2) is 5.48. The van der Waals surface area contributed by atoms with E-state index in [1.165, 1.54) is 24.3 Å². The van der Waals surface area contributed by atoms with Crippen LogP contribution >= 0.6 is 0 Å². The smallest absolute Gasteiger partial charge is 0.254 e. The molecule has 0 aromatic heterocycles. The summed E-state index contributed by atoms with van der Waals surface area (Å²) < 4.78 is 26.7. The maximum absolute atomic E-state index is 13.4. The van der Waals surface area contributed by atoms with Crippen molar-refractivity contribution >= 4 is 5.91 Å². The lowest BCUT2D eigenvalue weighted by atomic mass is 10.1. The standard InChI is InChI=1S/C14H11F2NO2/c15-12-4-2-1-3-9(12)8-17-14(19)11-6-5-10(18)7-13(11)16/h1-7,18H,8H2,(H,17,19). The van der Waals surface area contributed by atoms with Crippen LogP contribution in [0.5, 0.6) is 5.75 Å². The molecule has 0 unspecified atom stereocenters. The molecule has 19 heavy (non-hydrogen) atoms. The molecule has 0 fully saturated rings. The Balaban J connectivity index is 2.08. The second-order valence-corrected chi connectivity index (χ2v) is 3.94. The molecule has 0 atom stereocenters. The fourth-order valence-electron chi connectivity index (χ4n) is 1.60. The topological polar surface area (TPSA) is 49.3 Å². The third-order valence-corrected chi connectivity index (χ3v) is 2.59. The van der Waals surface area contributed by atoms with Crippen molar-refractivity contribution in [2.75, 3.05) is 0 Å². The predicted octanol–water partition coefficient (Wildman–Crippen LogP) is 2.60. The first-order valence-electron chi connectivity index (χ1n) is 5.58. The SMILES string of the molecule is O=C(NCc1ccccc1F)c1ccc(O)cc1F. The Morgan fingerprint density at radius 2 is 1.84 bits per heavy atom. The van der Waals surface area contributed by atoms with Gasteiger partial charge in [-0.15, -0.1) is 0 Å². The molecule has 2 N–H and O–H groups in total. The van der Waals surface area contributed by atoms with Gasteiger partial charge >= 0.3 is 0 Å². The first kappa shape index (κ1) is 13.0. The number of phenolic OH excluding ortho intramolecular Hbond substituents is 1. The van der Waals surface area contributed by atoms with E-state index in [0.717, 1.165) is 6.07 Å². The molecule has 0 saturated carbocycles. The Bertz CT molecular complexity index is 614. The van der Waals surface area contributed by atoms with Crippen molar-refractivity contribution in [3.63, 3.8) is 0 Å². The van der Waals surface area contributed by atoms with Crippen LogP contribution in [0.15, 0.2) is 42.5 Å². The van der Waals surface area contributed by atoms with Gasteiger partial charge in [0, 0.05) is 18.2 Å². The monoisotopic (exact) mass is 263 g/mol. The van der Waals surface area contributed by atoms with Crippen molar-refractivity contribution < 1.29 is 18.7 Å². The molecular weight excluding hydrogens is 252 g/mol. The number of halogens is 2. The van der Waals surface area contributed by atoms with Crippen molar-refractivity contribution in [1.29, 1.82) is 0 Å². The lowest BCUT2D eigenvalue weighted by Crippen LogP contribution is -2.24. The van der Waals surface area contributed by atoms with Gasteiger partial charge in [0.2, 0.25) is 0 Å². The van der Waals surface area contributed by atoms with Gasteiger partial charge in [-0.1, -0.05) is 18.2 Å². The van der Waals surface area contributed by atoms with E-state index in [4.69, 9.17) is 5.11 Å². The number of hydrogen-bond acceptors (Lipinski definition) is 2. The Morgan fingerprint density at radius 1 is 1.11 bits per heavy atom. The van der Waals surface area contributed by atoms with Crippen LogP contribution in [-0.2, 0) is 6.54 Å². The highest BCUT2D eigenvalue weighted by Crippen LogP contribution is 2.15. The number of phenols is 1. The minimum absolute atomic E-state index is 0.0359. The van der Waals surface area contributed by atoms with E-state index < -0.39 is 17.5 Å². The Hall–Kier alpha value is -2.43. The van der Waals surface area contributed by atoms with Crippen molar-refractivity contribution in [2.45, 2.75) is 6.54 Å². The molecule has 0 aliphatic heterocycles. The molecule has 2 aromatic carbocycles. The Morgan fingerprint density at radius 3 is 2.53 bits per heavy atom. The van der Waals surface area contributed by atoms with E-state index >= 15 is 0 Å². The molecule has 1 amide bonds. The van der Waals surface area contributed by atoms with Gasteiger partial charge in [-0.2, -0.15) is 0 Å². The largest absolute Gasteiger partial charge is 0.508 e. The fourth-order valence-corrected chi connectivity index (χ4v) is 1.60. The third kappa shape index (κ3) is 3.07. The van der Waals surface area contributed by atoms with E-state index in [1.54, 1.807) is 12.1 Å². The molecule has 0 aliphatic carbocycles. The number of carbonyl (C=O) groups is 1. The van der Waals surface area contributed by atoms with Crippen LogP contribution in [0.1, 0.15) is 15.9 Å². The highest BCUT2D eigenvalue weighted by molar-refractivity contribution is 5.94. The van der Waals surface area contributed by atoms with Gasteiger partial charge in [0.1, 0.15) is 17.4 Å². The average Bonchev–Trinajstić information content (AvgIpc) is 2.37. The third-order valence-electron chi connectivity index (χ3n) is 2.59. The normalized spacial score (nSPS) is 10.2. The van der Waals surface area contributed by atoms with Crippen LogP contribution in [0.25, 0.3) is 0 Å². The summed E-state index contributed by atoms with van der Waals surface area (Å²) in [5.41, 5.74) is 0.115. The van der Waals surface area contributed by atoms with Crippen molar-refractivity contribution in [2.24, 2.45) is 0 Å². The molecule has 0 heterocycles. The van der Waals surface area contributed by atoms with Crippen LogP contribution in [-0.4, -0.2) is 11.0 Å². The molecule has 2 rings (SSSR count). The van der Waals surface area contributed by atoms with Crippen molar-refractivity contribution in [3.05, 3.63) is 65.2 Å². The molecule has 0 saturated heterocycles. The number of aromatic hydroxyl groups is 1. The quantitative estimate of drug-likeness (QED) is 0.894. The van der Waals surface area contributed by atoms with Gasteiger partial charge in [0.05, 0.1) is 5.56 Å². The Kier molecular flexibility index (Phi) is 3.75. The zero-order valence-corrected chi connectivity index (χ0v) is 9.86. The Labute approximate surface area is 108 Å². The highest BCUT2D eigenvalue weighted by Gasteiger charge is 2.12. The minimum atomic E-state index is -0.828. The van der Waals surface area contributed by atoms with Gasteiger partial charge in [0.15, 0.2) is 0 Å². The van der Waals surface area contributed by atoms with E-state index in [1.807, 2.05) is 0 Å². The summed E-state index contributed by atoms with van der Waals surface area (Å²) >= 11 is 0. The summed E-state index contributed by atoms with van der Waals surface area (Å²) in [7, 11) is 0. The molecule has 3 nitrogen and oxygen atoms in total. The van der Waals surface area contributed by atoms with E-state index in [9.17, 15) is 13.6 Å². The van der Waals surface area contributed by atoms with Crippen LogP contribution in [0.4, 0.5) is 8.78 Å². The molecule has 0 aliphatic rings. The van der Waals surface area contributed by atoms with E-state index in [-0.39, 0.29) is 17.9 Å². The summed E-state index contributed by atoms with van der Waals surface area (Å²) in [5.74, 6) is -2.19. The molecular formula is C14H11F2NO2. The maximum Gasteiger partial charge on any atom is 0.254 e.